The highest BCUT2D eigenvalue weighted by atomic mass is 31.2. The average molecular weight is 1200 g/mol. The fourth-order valence-corrected chi connectivity index (χ4v) is 7.13. The Morgan fingerprint density at radius 3 is 0.785 bits per heavy atom. The van der Waals surface area contributed by atoms with Gasteiger partial charge in [0.2, 0.25) is 65.0 Å². The number of amides is 11. The molecule has 0 saturated carbocycles. The zero-order valence-corrected chi connectivity index (χ0v) is 46.3. The molecule has 0 saturated heterocycles. The van der Waals surface area contributed by atoms with Crippen LogP contribution in [0.5, 0.6) is 0 Å². The molecular formula is C39H71N12O25P3. The molecule has 0 aliphatic carbocycles. The minimum atomic E-state index is -5.32. The van der Waals surface area contributed by atoms with Gasteiger partial charge in [-0.2, -0.15) is 0 Å². The predicted molar refractivity (Wildman–Crippen MR) is 266 cm³/mol. The monoisotopic (exact) mass is 1200 g/mol. The Bertz CT molecular complexity index is 2290. The summed E-state index contributed by atoms with van der Waals surface area (Å²) in [6.07, 6.45) is -0.141. The quantitative estimate of drug-likeness (QED) is 0.0255. The number of rotatable bonds is 38. The van der Waals surface area contributed by atoms with Gasteiger partial charge in [-0.25, -0.2) is 18.5 Å². The third kappa shape index (κ3) is 35.9. The first-order chi connectivity index (χ1) is 36.3. The normalized spacial score (nSPS) is 14.0. The molecule has 37 nitrogen and oxygen atoms in total. The predicted octanol–water partition coefficient (Wildman–Crippen LogP) is -8.01. The van der Waals surface area contributed by atoms with Crippen molar-refractivity contribution in [3.05, 3.63) is 0 Å². The van der Waals surface area contributed by atoms with E-state index in [0.717, 1.165) is 0 Å². The van der Waals surface area contributed by atoms with Crippen LogP contribution in [0.25, 0.3) is 0 Å². The van der Waals surface area contributed by atoms with Crippen molar-refractivity contribution in [1.82, 2.24) is 58.5 Å². The lowest BCUT2D eigenvalue weighted by molar-refractivity contribution is -0.142. The Hall–Kier alpha value is -6.07. The molecular weight excluding hydrogens is 1130 g/mol. The molecule has 0 aromatic carbocycles. The van der Waals surface area contributed by atoms with E-state index in [4.69, 9.17) is 25.3 Å². The van der Waals surface area contributed by atoms with Gasteiger partial charge in [-0.3, -0.25) is 66.3 Å². The van der Waals surface area contributed by atoms with E-state index in [1.165, 1.54) is 0 Å². The van der Waals surface area contributed by atoms with E-state index in [1.807, 2.05) is 16.0 Å². The Morgan fingerprint density at radius 2 is 0.570 bits per heavy atom. The molecule has 11 amide bonds. The maximum atomic E-state index is 13.2. The number of phosphoric ester groups is 3. The second kappa shape index (κ2) is 35.5. The SMILES string of the molecule is CC(C)C[C@H](NC(=O)CNC(=O)[C@H](COP(=O)(O)O)NC(=O)CNC(=O)[C@H](CC(C)C)NC(=O)CNC(=O)[C@H](COP(=O)(O)O)NC(=O)CNC(=O)[C@H](CC(C)C)NC(=O)CNC(=O)[C@H](COP(=O)(O)O)NC(=O)CN)C(=O)O. The summed E-state index contributed by atoms with van der Waals surface area (Å²) in [5.41, 5.74) is 5.19. The van der Waals surface area contributed by atoms with E-state index in [-0.39, 0.29) is 37.0 Å². The minimum Gasteiger partial charge on any atom is -0.480 e. The summed E-state index contributed by atoms with van der Waals surface area (Å²) in [6.45, 7) is 1.34. The van der Waals surface area contributed by atoms with Crippen molar-refractivity contribution >= 4 is 94.4 Å². The molecule has 0 aliphatic heterocycles. The summed E-state index contributed by atoms with van der Waals surface area (Å²) >= 11 is 0. The highest BCUT2D eigenvalue weighted by molar-refractivity contribution is 7.46. The summed E-state index contributed by atoms with van der Waals surface area (Å²) < 4.78 is 46.9. The molecule has 0 bridgehead atoms. The summed E-state index contributed by atoms with van der Waals surface area (Å²) in [6, 6.07) is -9.76. The largest absolute Gasteiger partial charge is 0.480 e. The zero-order chi connectivity index (χ0) is 61.0. The van der Waals surface area contributed by atoms with E-state index in [9.17, 15) is 86.1 Å². The van der Waals surface area contributed by atoms with Crippen molar-refractivity contribution in [2.24, 2.45) is 23.5 Å². The Morgan fingerprint density at radius 1 is 0.367 bits per heavy atom. The fourth-order valence-electron chi connectivity index (χ4n) is 6.10. The second-order valence-electron chi connectivity index (χ2n) is 18.1. The lowest BCUT2D eigenvalue weighted by Crippen LogP contribution is -2.56. The number of carboxylic acids is 1. The molecule has 0 aromatic heterocycles. The summed E-state index contributed by atoms with van der Waals surface area (Å²) in [5, 5.41) is 32.8. The van der Waals surface area contributed by atoms with Crippen LogP contribution >= 0.6 is 23.5 Å². The van der Waals surface area contributed by atoms with E-state index in [2.05, 4.69) is 56.1 Å². The number of nitrogens with two attached hydrogens (primary N) is 1. The van der Waals surface area contributed by atoms with Crippen LogP contribution in [0, 0.1) is 17.8 Å². The zero-order valence-electron chi connectivity index (χ0n) is 43.6. The third-order valence-electron chi connectivity index (χ3n) is 9.54. The Balaban J connectivity index is 5.78. The van der Waals surface area contributed by atoms with E-state index in [0.29, 0.717) is 0 Å². The lowest BCUT2D eigenvalue weighted by atomic mass is 10.0. The summed E-state index contributed by atoms with van der Waals surface area (Å²) in [4.78, 5) is 207. The van der Waals surface area contributed by atoms with Crippen LogP contribution in [0.15, 0.2) is 0 Å². The molecule has 0 fully saturated rings. The van der Waals surface area contributed by atoms with Crippen molar-refractivity contribution in [2.45, 2.75) is 97.1 Å². The lowest BCUT2D eigenvalue weighted by Gasteiger charge is -2.23. The van der Waals surface area contributed by atoms with Crippen molar-refractivity contribution in [1.29, 1.82) is 0 Å². The molecule has 20 N–H and O–H groups in total. The van der Waals surface area contributed by atoms with Gasteiger partial charge in [0.15, 0.2) is 0 Å². The van der Waals surface area contributed by atoms with Gasteiger partial charge in [0.1, 0.15) is 36.3 Å². The highest BCUT2D eigenvalue weighted by Gasteiger charge is 2.32. The van der Waals surface area contributed by atoms with Crippen molar-refractivity contribution in [3.8, 4) is 0 Å². The average Bonchev–Trinajstić information content (AvgIpc) is 3.31. The first-order valence-electron chi connectivity index (χ1n) is 23.5. The smallest absolute Gasteiger partial charge is 0.469 e. The maximum Gasteiger partial charge on any atom is 0.469 e. The van der Waals surface area contributed by atoms with Crippen LogP contribution in [-0.4, -0.2) is 201 Å². The number of carboxylic acid groups (broad SMARTS) is 1. The third-order valence-corrected chi connectivity index (χ3v) is 11.0. The number of nitrogens with one attached hydrogen (secondary N) is 11. The highest BCUT2D eigenvalue weighted by Crippen LogP contribution is 2.37. The van der Waals surface area contributed by atoms with E-state index < -0.39 is 190 Å². The van der Waals surface area contributed by atoms with Gasteiger partial charge < -0.3 is 98.7 Å². The van der Waals surface area contributed by atoms with Crippen LogP contribution in [0.3, 0.4) is 0 Å². The van der Waals surface area contributed by atoms with Gasteiger partial charge >= 0.3 is 29.4 Å². The van der Waals surface area contributed by atoms with Gasteiger partial charge in [0, 0.05) is 0 Å². The van der Waals surface area contributed by atoms with E-state index >= 15 is 0 Å². The molecule has 79 heavy (non-hydrogen) atoms. The first kappa shape index (κ1) is 72.9. The minimum absolute atomic E-state index is 0.0330. The van der Waals surface area contributed by atoms with Crippen LogP contribution < -0.4 is 64.2 Å². The van der Waals surface area contributed by atoms with Crippen LogP contribution in [0.2, 0.25) is 0 Å². The van der Waals surface area contributed by atoms with Gasteiger partial charge in [0.05, 0.1) is 59.1 Å². The molecule has 0 radical (unpaired) electrons. The molecule has 40 heteroatoms. The van der Waals surface area contributed by atoms with Crippen LogP contribution in [0.4, 0.5) is 0 Å². The molecule has 0 heterocycles. The molecule has 0 unspecified atom stereocenters. The van der Waals surface area contributed by atoms with Gasteiger partial charge in [-0.15, -0.1) is 0 Å². The van der Waals surface area contributed by atoms with E-state index in [1.54, 1.807) is 41.5 Å². The number of phosphoric acid groups is 3. The standard InChI is InChI=1S/C39H71N12O25P3/c1-19(2)7-22(46-29(53)11-43-36(60)25(49-28(52)10-40)16-74-77(65,66)67)34(58)41-14-32(56)50-26(17-75-78(68,69)70)37(61)44-12-30(54)47-23(8-20(3)4)35(59)42-15-33(57)51-27(18-76-79(71,72)73)38(62)45-13-31(55)48-24(39(63)64)9-21(5)6/h19-27H,7-18,40H2,1-6H3,(H,41,58)(H,42,59)(H,43,60)(H,44,61)(H,45,62)(H,46,53)(H,47,54)(H,48,55)(H,49,52)(H,50,56)(H,51,57)(H,63,64)(H2,65,66,67)(H2,68,69,70)(H2,71,72,73)/t22-,23-,24-,25-,26-,27-/m0/s1. The molecule has 6 atom stereocenters. The van der Waals surface area contributed by atoms with Gasteiger partial charge in [-0.1, -0.05) is 41.5 Å². The van der Waals surface area contributed by atoms with Crippen LogP contribution in [-0.2, 0) is 84.8 Å². The molecule has 0 rings (SSSR count). The molecule has 0 aliphatic rings. The summed E-state index contributed by atoms with van der Waals surface area (Å²) in [7, 11) is -15.7. The molecule has 0 aromatic rings. The maximum absolute atomic E-state index is 13.2. The number of aliphatic carboxylic acids is 1. The second-order valence-corrected chi connectivity index (χ2v) is 21.8. The number of hydrogen-bond acceptors (Lipinski definition) is 19. The van der Waals surface area contributed by atoms with Crippen LogP contribution in [0.1, 0.15) is 60.8 Å². The van der Waals surface area contributed by atoms with Gasteiger partial charge in [-0.05, 0) is 37.0 Å². The van der Waals surface area contributed by atoms with Crippen molar-refractivity contribution in [3.63, 3.8) is 0 Å². The molecule has 452 valence electrons. The number of hydrogen-bond donors (Lipinski definition) is 19. The summed E-state index contributed by atoms with van der Waals surface area (Å²) in [5.74, 6) is -14.1. The Labute approximate surface area is 450 Å². The first-order valence-corrected chi connectivity index (χ1v) is 28.1. The van der Waals surface area contributed by atoms with Crippen molar-refractivity contribution < 1.29 is 119 Å². The molecule has 0 spiro atoms. The Kier molecular flexibility index (Phi) is 32.8. The number of carbonyl (C=O) groups is 12. The number of carbonyl (C=O) groups excluding carboxylic acids is 11. The topological polar surface area (TPSA) is 584 Å². The van der Waals surface area contributed by atoms with Crippen molar-refractivity contribution in [2.75, 3.05) is 59.1 Å². The van der Waals surface area contributed by atoms with Gasteiger partial charge in [0.25, 0.3) is 0 Å². The fraction of sp³-hybridized carbons (Fsp3) is 0.692.